The standard InChI is InChI=1S/C12H24N2O.ClH/c1-3-12(4-2,9-13)14-11(15)10-7-5-6-8-10;/h10H,3-9,13H2,1-2H3,(H,14,15);1H. The van der Waals surface area contributed by atoms with Crippen LogP contribution in [0, 0.1) is 5.92 Å². The summed E-state index contributed by atoms with van der Waals surface area (Å²) in [4.78, 5) is 12.0. The first-order valence-electron chi connectivity index (χ1n) is 6.19. The molecule has 0 bridgehead atoms. The van der Waals surface area contributed by atoms with Crippen molar-refractivity contribution in [2.24, 2.45) is 11.7 Å². The molecule has 0 spiro atoms. The molecule has 1 amide bonds. The molecule has 0 atom stereocenters. The summed E-state index contributed by atoms with van der Waals surface area (Å²) in [6, 6.07) is 0. The smallest absolute Gasteiger partial charge is 0.223 e. The third kappa shape index (κ3) is 3.63. The molecule has 1 rings (SSSR count). The molecule has 1 aliphatic rings. The van der Waals surface area contributed by atoms with Crippen LogP contribution in [0.2, 0.25) is 0 Å². The van der Waals surface area contributed by atoms with Gasteiger partial charge in [0.1, 0.15) is 0 Å². The third-order valence-corrected chi connectivity index (χ3v) is 3.86. The van der Waals surface area contributed by atoms with Crippen LogP contribution in [0.4, 0.5) is 0 Å². The Morgan fingerprint density at radius 3 is 2.19 bits per heavy atom. The number of halogens is 1. The fourth-order valence-electron chi connectivity index (χ4n) is 2.32. The first-order chi connectivity index (χ1) is 7.17. The lowest BCUT2D eigenvalue weighted by Gasteiger charge is -2.32. The molecule has 0 heterocycles. The van der Waals surface area contributed by atoms with Gasteiger partial charge in [0.25, 0.3) is 0 Å². The van der Waals surface area contributed by atoms with Gasteiger partial charge in [0.05, 0.1) is 5.54 Å². The van der Waals surface area contributed by atoms with Crippen LogP contribution in [0.5, 0.6) is 0 Å². The van der Waals surface area contributed by atoms with Gasteiger partial charge in [-0.3, -0.25) is 4.79 Å². The zero-order chi connectivity index (χ0) is 11.3. The molecule has 16 heavy (non-hydrogen) atoms. The number of carbonyl (C=O) groups excluding carboxylic acids is 1. The summed E-state index contributed by atoms with van der Waals surface area (Å²) in [6.07, 6.45) is 6.34. The number of hydrogen-bond acceptors (Lipinski definition) is 2. The second-order valence-electron chi connectivity index (χ2n) is 4.66. The molecular formula is C12H25ClN2O. The first-order valence-corrected chi connectivity index (χ1v) is 6.19. The summed E-state index contributed by atoms with van der Waals surface area (Å²) in [5.74, 6) is 0.468. The molecular weight excluding hydrogens is 224 g/mol. The summed E-state index contributed by atoms with van der Waals surface area (Å²) in [5, 5.41) is 3.16. The highest BCUT2D eigenvalue weighted by Gasteiger charge is 2.30. The number of amides is 1. The van der Waals surface area contributed by atoms with Crippen molar-refractivity contribution in [1.29, 1.82) is 0 Å². The van der Waals surface area contributed by atoms with E-state index >= 15 is 0 Å². The predicted molar refractivity (Wildman–Crippen MR) is 69.7 cm³/mol. The number of carbonyl (C=O) groups is 1. The molecule has 1 saturated carbocycles. The first kappa shape index (κ1) is 15.7. The van der Waals surface area contributed by atoms with E-state index < -0.39 is 0 Å². The normalized spacial score (nSPS) is 16.9. The molecule has 3 nitrogen and oxygen atoms in total. The SMILES string of the molecule is CCC(CC)(CN)NC(=O)C1CCCC1.Cl. The Morgan fingerprint density at radius 1 is 1.31 bits per heavy atom. The summed E-state index contributed by atoms with van der Waals surface area (Å²) >= 11 is 0. The quantitative estimate of drug-likeness (QED) is 0.784. The Labute approximate surface area is 105 Å². The van der Waals surface area contributed by atoms with E-state index in [1.807, 2.05) is 0 Å². The molecule has 1 aliphatic carbocycles. The van der Waals surface area contributed by atoms with Crippen LogP contribution in [0.25, 0.3) is 0 Å². The molecule has 3 N–H and O–H groups in total. The number of hydrogen-bond donors (Lipinski definition) is 2. The number of nitrogens with one attached hydrogen (secondary N) is 1. The molecule has 96 valence electrons. The van der Waals surface area contributed by atoms with E-state index in [4.69, 9.17) is 5.73 Å². The average molecular weight is 249 g/mol. The molecule has 0 aromatic rings. The van der Waals surface area contributed by atoms with Crippen molar-refractivity contribution in [2.45, 2.75) is 57.9 Å². The minimum atomic E-state index is -0.167. The molecule has 0 unspecified atom stereocenters. The van der Waals surface area contributed by atoms with Gasteiger partial charge in [-0.15, -0.1) is 12.4 Å². The van der Waals surface area contributed by atoms with Crippen molar-refractivity contribution in [2.75, 3.05) is 6.54 Å². The average Bonchev–Trinajstić information content (AvgIpc) is 2.79. The lowest BCUT2D eigenvalue weighted by Crippen LogP contribution is -2.54. The van der Waals surface area contributed by atoms with Crippen molar-refractivity contribution in [1.82, 2.24) is 5.32 Å². The fourth-order valence-corrected chi connectivity index (χ4v) is 2.32. The molecule has 4 heteroatoms. The van der Waals surface area contributed by atoms with Gasteiger partial charge in [0.2, 0.25) is 5.91 Å². The van der Waals surface area contributed by atoms with E-state index in [1.54, 1.807) is 0 Å². The maximum absolute atomic E-state index is 12.0. The maximum Gasteiger partial charge on any atom is 0.223 e. The van der Waals surface area contributed by atoms with Gasteiger partial charge in [-0.25, -0.2) is 0 Å². The molecule has 0 saturated heterocycles. The Bertz CT molecular complexity index is 203. The summed E-state index contributed by atoms with van der Waals surface area (Å²) < 4.78 is 0. The zero-order valence-corrected chi connectivity index (χ0v) is 11.2. The molecule has 0 radical (unpaired) electrons. The summed E-state index contributed by atoms with van der Waals surface area (Å²) in [7, 11) is 0. The van der Waals surface area contributed by atoms with Crippen LogP contribution in [0.1, 0.15) is 52.4 Å². The molecule has 0 aliphatic heterocycles. The Kier molecular flexibility index (Phi) is 7.00. The number of rotatable bonds is 5. The van der Waals surface area contributed by atoms with Gasteiger partial charge < -0.3 is 11.1 Å². The van der Waals surface area contributed by atoms with Gasteiger partial charge in [-0.2, -0.15) is 0 Å². The van der Waals surface area contributed by atoms with Gasteiger partial charge in [-0.1, -0.05) is 26.7 Å². The Morgan fingerprint density at radius 2 is 1.81 bits per heavy atom. The van der Waals surface area contributed by atoms with E-state index in [0.29, 0.717) is 6.54 Å². The molecule has 0 aromatic carbocycles. The van der Waals surface area contributed by atoms with Crippen LogP contribution in [-0.4, -0.2) is 18.0 Å². The van der Waals surface area contributed by atoms with Crippen LogP contribution < -0.4 is 11.1 Å². The van der Waals surface area contributed by atoms with Crippen molar-refractivity contribution in [3.63, 3.8) is 0 Å². The van der Waals surface area contributed by atoms with Crippen LogP contribution in [0.3, 0.4) is 0 Å². The third-order valence-electron chi connectivity index (χ3n) is 3.86. The highest BCUT2D eigenvalue weighted by molar-refractivity contribution is 5.85. The highest BCUT2D eigenvalue weighted by atomic mass is 35.5. The van der Waals surface area contributed by atoms with Gasteiger partial charge in [0, 0.05) is 12.5 Å². The summed E-state index contributed by atoms with van der Waals surface area (Å²) in [6.45, 7) is 4.72. The van der Waals surface area contributed by atoms with Crippen LogP contribution in [0.15, 0.2) is 0 Å². The maximum atomic E-state index is 12.0. The topological polar surface area (TPSA) is 55.1 Å². The second kappa shape index (κ2) is 7.13. The molecule has 0 aromatic heterocycles. The Hall–Kier alpha value is -0.280. The van der Waals surface area contributed by atoms with Crippen molar-refractivity contribution >= 4 is 18.3 Å². The van der Waals surface area contributed by atoms with Crippen LogP contribution >= 0.6 is 12.4 Å². The van der Waals surface area contributed by atoms with Crippen molar-refractivity contribution < 1.29 is 4.79 Å². The second-order valence-corrected chi connectivity index (χ2v) is 4.66. The van der Waals surface area contributed by atoms with E-state index in [1.165, 1.54) is 12.8 Å². The largest absolute Gasteiger partial charge is 0.349 e. The van der Waals surface area contributed by atoms with Gasteiger partial charge in [-0.05, 0) is 25.7 Å². The summed E-state index contributed by atoms with van der Waals surface area (Å²) in [5.41, 5.74) is 5.59. The predicted octanol–water partition coefficient (Wildman–Crippen LogP) is 2.23. The minimum absolute atomic E-state index is 0. The van der Waals surface area contributed by atoms with Gasteiger partial charge in [0.15, 0.2) is 0 Å². The van der Waals surface area contributed by atoms with E-state index in [9.17, 15) is 4.79 Å². The number of nitrogens with two attached hydrogens (primary N) is 1. The van der Waals surface area contributed by atoms with Crippen molar-refractivity contribution in [3.05, 3.63) is 0 Å². The Balaban J connectivity index is 0.00000225. The van der Waals surface area contributed by atoms with Gasteiger partial charge >= 0.3 is 0 Å². The zero-order valence-electron chi connectivity index (χ0n) is 10.4. The fraction of sp³-hybridized carbons (Fsp3) is 0.917. The highest BCUT2D eigenvalue weighted by Crippen LogP contribution is 2.26. The van der Waals surface area contributed by atoms with E-state index in [2.05, 4.69) is 19.2 Å². The minimum Gasteiger partial charge on any atom is -0.349 e. The lowest BCUT2D eigenvalue weighted by atomic mass is 9.91. The van der Waals surface area contributed by atoms with E-state index in [0.717, 1.165) is 25.7 Å². The van der Waals surface area contributed by atoms with E-state index in [-0.39, 0.29) is 29.8 Å². The lowest BCUT2D eigenvalue weighted by molar-refractivity contribution is -0.126. The van der Waals surface area contributed by atoms with Crippen molar-refractivity contribution in [3.8, 4) is 0 Å². The molecule has 1 fully saturated rings. The van der Waals surface area contributed by atoms with Crippen LogP contribution in [-0.2, 0) is 4.79 Å². The monoisotopic (exact) mass is 248 g/mol.